The predicted molar refractivity (Wildman–Crippen MR) is 110 cm³/mol. The fourth-order valence-electron chi connectivity index (χ4n) is 2.03. The van der Waals surface area contributed by atoms with E-state index in [1.54, 1.807) is 0 Å². The summed E-state index contributed by atoms with van der Waals surface area (Å²) in [4.78, 5) is 4.11. The molecule has 0 aromatic rings. The summed E-state index contributed by atoms with van der Waals surface area (Å²) in [6.45, 7) is 3.38. The van der Waals surface area contributed by atoms with Crippen molar-refractivity contribution in [1.82, 2.24) is 9.80 Å². The van der Waals surface area contributed by atoms with Crippen LogP contribution in [0, 0.1) is 0 Å². The maximum absolute atomic E-state index is 10.8. The number of hydrogen-bond acceptors (Lipinski definition) is 8. The van der Waals surface area contributed by atoms with Crippen LogP contribution in [0.25, 0.3) is 0 Å². The van der Waals surface area contributed by atoms with Crippen molar-refractivity contribution in [3.05, 3.63) is 0 Å². The average Bonchev–Trinajstić information content (AvgIpc) is 2.39. The highest BCUT2D eigenvalue weighted by molar-refractivity contribution is 7.86. The second-order valence-corrected chi connectivity index (χ2v) is 9.36. The van der Waals surface area contributed by atoms with Gasteiger partial charge in [-0.25, -0.2) is 0 Å². The molecule has 0 aromatic heterocycles. The Morgan fingerprint density at radius 1 is 0.615 bits per heavy atom. The van der Waals surface area contributed by atoms with E-state index in [9.17, 15) is 16.8 Å². The maximum atomic E-state index is 10.8. The Labute approximate surface area is 171 Å². The van der Waals surface area contributed by atoms with Crippen LogP contribution in [0.3, 0.4) is 0 Å². The highest BCUT2D eigenvalue weighted by atomic mass is 35.5. The van der Waals surface area contributed by atoms with Gasteiger partial charge in [-0.15, -0.1) is 24.8 Å². The van der Waals surface area contributed by atoms with Gasteiger partial charge in [-0.1, -0.05) is 12.8 Å². The lowest BCUT2D eigenvalue weighted by molar-refractivity contribution is 0.233. The van der Waals surface area contributed by atoms with Gasteiger partial charge in [-0.3, -0.25) is 8.37 Å². The molecule has 0 bridgehead atoms. The van der Waals surface area contributed by atoms with Gasteiger partial charge in [0.15, 0.2) is 0 Å². The molecular formula is C14H34Cl2N2O6S2. The lowest BCUT2D eigenvalue weighted by atomic mass is 10.2. The third-order valence-electron chi connectivity index (χ3n) is 3.37. The van der Waals surface area contributed by atoms with Crippen LogP contribution in [-0.2, 0) is 28.6 Å². The predicted octanol–water partition coefficient (Wildman–Crippen LogP) is 1.21. The number of unbranched alkanes of at least 4 members (excludes halogenated alkanes) is 3. The molecule has 12 heteroatoms. The molecule has 0 atom stereocenters. The van der Waals surface area contributed by atoms with Crippen LogP contribution < -0.4 is 0 Å². The standard InChI is InChI=1S/C14H32N2O6S2.2ClH/c1-15(11-13-21-23(3,17)18)9-7-5-6-8-10-16(2)12-14-22-24(4,19)20;;/h5-14H2,1-4H3;2*1H. The van der Waals surface area contributed by atoms with E-state index in [0.29, 0.717) is 13.1 Å². The van der Waals surface area contributed by atoms with Crippen molar-refractivity contribution in [3.8, 4) is 0 Å². The van der Waals surface area contributed by atoms with Crippen molar-refractivity contribution in [2.24, 2.45) is 0 Å². The van der Waals surface area contributed by atoms with Crippen LogP contribution in [0.4, 0.5) is 0 Å². The van der Waals surface area contributed by atoms with E-state index in [-0.39, 0.29) is 38.0 Å². The van der Waals surface area contributed by atoms with Crippen LogP contribution >= 0.6 is 24.8 Å². The fraction of sp³-hybridized carbons (Fsp3) is 1.00. The molecule has 0 spiro atoms. The minimum Gasteiger partial charge on any atom is -0.304 e. The lowest BCUT2D eigenvalue weighted by Gasteiger charge is -2.17. The van der Waals surface area contributed by atoms with E-state index in [1.807, 2.05) is 14.1 Å². The van der Waals surface area contributed by atoms with E-state index < -0.39 is 20.2 Å². The van der Waals surface area contributed by atoms with Crippen LogP contribution in [0.15, 0.2) is 0 Å². The van der Waals surface area contributed by atoms with Gasteiger partial charge in [0, 0.05) is 13.1 Å². The summed E-state index contributed by atoms with van der Waals surface area (Å²) in [5.74, 6) is 0. The highest BCUT2D eigenvalue weighted by Gasteiger charge is 2.05. The zero-order chi connectivity index (χ0) is 18.6. The molecular weight excluding hydrogens is 427 g/mol. The minimum atomic E-state index is -3.35. The highest BCUT2D eigenvalue weighted by Crippen LogP contribution is 2.03. The molecule has 0 aliphatic heterocycles. The van der Waals surface area contributed by atoms with E-state index in [4.69, 9.17) is 8.37 Å². The summed E-state index contributed by atoms with van der Waals surface area (Å²) in [5.41, 5.74) is 0. The number of halogens is 2. The second kappa shape index (κ2) is 16.3. The summed E-state index contributed by atoms with van der Waals surface area (Å²) in [6.07, 6.45) is 6.41. The normalized spacial score (nSPS) is 12.1. The quantitative estimate of drug-likeness (QED) is 0.265. The first-order chi connectivity index (χ1) is 11.0. The van der Waals surface area contributed by atoms with Gasteiger partial charge in [0.05, 0.1) is 25.7 Å². The topological polar surface area (TPSA) is 93.2 Å². The van der Waals surface area contributed by atoms with Gasteiger partial charge in [0.25, 0.3) is 20.2 Å². The molecule has 0 saturated heterocycles. The van der Waals surface area contributed by atoms with Crippen molar-refractivity contribution in [2.45, 2.75) is 25.7 Å². The van der Waals surface area contributed by atoms with E-state index in [0.717, 1.165) is 51.3 Å². The first-order valence-electron chi connectivity index (χ1n) is 8.05. The van der Waals surface area contributed by atoms with Gasteiger partial charge in [0.2, 0.25) is 0 Å². The molecule has 0 N–H and O–H groups in total. The van der Waals surface area contributed by atoms with Gasteiger partial charge in [0.1, 0.15) is 0 Å². The molecule has 0 fully saturated rings. The van der Waals surface area contributed by atoms with E-state index in [1.165, 1.54) is 0 Å². The molecule has 0 aromatic carbocycles. The number of nitrogens with zero attached hydrogens (tertiary/aromatic N) is 2. The monoisotopic (exact) mass is 460 g/mol. The van der Waals surface area contributed by atoms with E-state index >= 15 is 0 Å². The molecule has 0 aliphatic rings. The molecule has 162 valence electrons. The van der Waals surface area contributed by atoms with Crippen LogP contribution in [0.5, 0.6) is 0 Å². The zero-order valence-corrected chi connectivity index (χ0v) is 19.3. The average molecular weight is 461 g/mol. The van der Waals surface area contributed by atoms with E-state index in [2.05, 4.69) is 9.80 Å². The van der Waals surface area contributed by atoms with Crippen LogP contribution in [0.2, 0.25) is 0 Å². The lowest BCUT2D eigenvalue weighted by Crippen LogP contribution is -2.26. The molecule has 0 radical (unpaired) electrons. The number of rotatable bonds is 15. The molecule has 0 unspecified atom stereocenters. The summed E-state index contributed by atoms with van der Waals surface area (Å²) >= 11 is 0. The third-order valence-corrected chi connectivity index (χ3v) is 4.56. The van der Waals surface area contributed by atoms with Crippen molar-refractivity contribution < 1.29 is 25.2 Å². The zero-order valence-electron chi connectivity index (χ0n) is 16.0. The smallest absolute Gasteiger partial charge is 0.264 e. The summed E-state index contributed by atoms with van der Waals surface area (Å²) in [6, 6.07) is 0. The van der Waals surface area contributed by atoms with Crippen LogP contribution in [0.1, 0.15) is 25.7 Å². The molecule has 0 rings (SSSR count). The SMILES string of the molecule is CN(CCCCCCN(C)CCOS(C)(=O)=O)CCOS(C)(=O)=O.Cl.Cl. The molecule has 26 heavy (non-hydrogen) atoms. The molecule has 8 nitrogen and oxygen atoms in total. The van der Waals surface area contributed by atoms with Gasteiger partial charge in [-0.05, 0) is 40.0 Å². The van der Waals surface area contributed by atoms with Crippen molar-refractivity contribution >= 4 is 45.1 Å². The van der Waals surface area contributed by atoms with Gasteiger partial charge < -0.3 is 9.80 Å². The summed E-state index contributed by atoms with van der Waals surface area (Å²) in [7, 11) is -2.81. The van der Waals surface area contributed by atoms with Crippen molar-refractivity contribution in [1.29, 1.82) is 0 Å². The Morgan fingerprint density at radius 2 is 0.923 bits per heavy atom. The first kappa shape index (κ1) is 31.0. The second-order valence-electron chi connectivity index (χ2n) is 6.07. The summed E-state index contributed by atoms with van der Waals surface area (Å²) in [5, 5.41) is 0. The molecule has 0 saturated carbocycles. The van der Waals surface area contributed by atoms with Gasteiger partial charge in [-0.2, -0.15) is 16.8 Å². The number of likely N-dealkylation sites (N-methyl/N-ethyl adjacent to an activating group) is 2. The molecule has 0 aliphatic carbocycles. The largest absolute Gasteiger partial charge is 0.304 e. The first-order valence-corrected chi connectivity index (χ1v) is 11.7. The van der Waals surface area contributed by atoms with Crippen molar-refractivity contribution in [3.63, 3.8) is 0 Å². The fourth-order valence-corrected chi connectivity index (χ4v) is 2.78. The molecule has 0 heterocycles. The Balaban J connectivity index is -0.00000264. The maximum Gasteiger partial charge on any atom is 0.264 e. The third kappa shape index (κ3) is 24.3. The Kier molecular flexibility index (Phi) is 19.4. The van der Waals surface area contributed by atoms with Gasteiger partial charge >= 0.3 is 0 Å². The minimum absolute atomic E-state index is 0. The van der Waals surface area contributed by atoms with Crippen LogP contribution in [-0.4, -0.2) is 92.6 Å². The Morgan fingerprint density at radius 3 is 1.19 bits per heavy atom. The summed E-state index contributed by atoms with van der Waals surface area (Å²) < 4.78 is 52.7. The van der Waals surface area contributed by atoms with Crippen molar-refractivity contribution in [2.75, 3.05) is 66.0 Å². The Bertz CT molecular complexity index is 484. The molecule has 0 amide bonds. The Hall–Kier alpha value is 0.320. The number of hydrogen-bond donors (Lipinski definition) is 0.